The van der Waals surface area contributed by atoms with E-state index in [9.17, 15) is 4.79 Å². The number of benzene rings is 1. The number of anilines is 1. The van der Waals surface area contributed by atoms with Gasteiger partial charge in [-0.25, -0.2) is 0 Å². The van der Waals surface area contributed by atoms with Gasteiger partial charge < -0.3 is 11.1 Å². The number of nitrogens with one attached hydrogen (secondary N) is 1. The van der Waals surface area contributed by atoms with Gasteiger partial charge in [0.05, 0.1) is 6.04 Å². The molecule has 1 unspecified atom stereocenters. The number of rotatable bonds is 4. The van der Waals surface area contributed by atoms with Gasteiger partial charge in [0.2, 0.25) is 5.91 Å². The van der Waals surface area contributed by atoms with E-state index in [1.165, 1.54) is 0 Å². The van der Waals surface area contributed by atoms with Crippen molar-refractivity contribution in [3.63, 3.8) is 0 Å². The molecular formula is C13H16N4O. The van der Waals surface area contributed by atoms with Crippen LogP contribution in [0.3, 0.4) is 0 Å². The predicted octanol–water partition coefficient (Wildman–Crippen LogP) is 1.34. The zero-order valence-electron chi connectivity index (χ0n) is 10.2. The summed E-state index contributed by atoms with van der Waals surface area (Å²) < 4.78 is 1.59. The smallest absolute Gasteiger partial charge is 0.242 e. The standard InChI is InChI=1S/C13H16N4O/c1-10(11-3-5-12(14)6-4-11)16-13(18)9-17-8-2-7-15-17/h2-8,10H,9,14H2,1H3,(H,16,18). The Morgan fingerprint density at radius 2 is 2.17 bits per heavy atom. The molecule has 3 N–H and O–H groups in total. The molecule has 0 radical (unpaired) electrons. The number of amides is 1. The fraction of sp³-hybridized carbons (Fsp3) is 0.231. The average Bonchev–Trinajstić information content (AvgIpc) is 2.82. The minimum Gasteiger partial charge on any atom is -0.399 e. The largest absolute Gasteiger partial charge is 0.399 e. The minimum absolute atomic E-state index is 0.0475. The van der Waals surface area contributed by atoms with Crippen molar-refractivity contribution in [3.05, 3.63) is 48.3 Å². The van der Waals surface area contributed by atoms with E-state index in [4.69, 9.17) is 5.73 Å². The van der Waals surface area contributed by atoms with Gasteiger partial charge in [0, 0.05) is 18.1 Å². The van der Waals surface area contributed by atoms with Crippen LogP contribution in [0, 0.1) is 0 Å². The third-order valence-corrected chi connectivity index (χ3v) is 2.68. The van der Waals surface area contributed by atoms with E-state index in [1.807, 2.05) is 31.2 Å². The number of nitrogens with zero attached hydrogens (tertiary/aromatic N) is 2. The second-order valence-electron chi connectivity index (χ2n) is 4.16. The van der Waals surface area contributed by atoms with Crippen LogP contribution in [0.2, 0.25) is 0 Å². The summed E-state index contributed by atoms with van der Waals surface area (Å²) in [7, 11) is 0. The first-order valence-electron chi connectivity index (χ1n) is 5.77. The lowest BCUT2D eigenvalue weighted by Gasteiger charge is -2.14. The molecule has 1 amide bonds. The second-order valence-corrected chi connectivity index (χ2v) is 4.16. The number of carbonyl (C=O) groups excluding carboxylic acids is 1. The van der Waals surface area contributed by atoms with E-state index in [0.717, 1.165) is 5.56 Å². The second kappa shape index (κ2) is 5.35. The summed E-state index contributed by atoms with van der Waals surface area (Å²) in [6.45, 7) is 2.17. The molecule has 1 heterocycles. The maximum Gasteiger partial charge on any atom is 0.242 e. The third-order valence-electron chi connectivity index (χ3n) is 2.68. The molecule has 0 fully saturated rings. The molecule has 5 heteroatoms. The predicted molar refractivity (Wildman–Crippen MR) is 69.6 cm³/mol. The third kappa shape index (κ3) is 3.10. The maximum atomic E-state index is 11.8. The Balaban J connectivity index is 1.92. The molecule has 0 bridgehead atoms. The first-order valence-corrected chi connectivity index (χ1v) is 5.77. The van der Waals surface area contributed by atoms with Crippen LogP contribution in [0.15, 0.2) is 42.7 Å². The summed E-state index contributed by atoms with van der Waals surface area (Å²) in [5.41, 5.74) is 7.36. The molecule has 0 aliphatic heterocycles. The van der Waals surface area contributed by atoms with Crippen LogP contribution < -0.4 is 11.1 Å². The Morgan fingerprint density at radius 3 is 2.78 bits per heavy atom. The lowest BCUT2D eigenvalue weighted by molar-refractivity contribution is -0.122. The van der Waals surface area contributed by atoms with E-state index < -0.39 is 0 Å². The van der Waals surface area contributed by atoms with Gasteiger partial charge in [-0.05, 0) is 30.7 Å². The highest BCUT2D eigenvalue weighted by molar-refractivity contribution is 5.76. The number of carbonyl (C=O) groups is 1. The van der Waals surface area contributed by atoms with Gasteiger partial charge in [0.25, 0.3) is 0 Å². The normalized spacial score (nSPS) is 12.1. The average molecular weight is 244 g/mol. The van der Waals surface area contributed by atoms with Crippen LogP contribution in [0.25, 0.3) is 0 Å². The van der Waals surface area contributed by atoms with Crippen LogP contribution in [0.4, 0.5) is 5.69 Å². The lowest BCUT2D eigenvalue weighted by Crippen LogP contribution is -2.30. The minimum atomic E-state index is -0.0666. The number of hydrogen-bond acceptors (Lipinski definition) is 3. The molecule has 1 aromatic heterocycles. The van der Waals surface area contributed by atoms with Gasteiger partial charge in [-0.1, -0.05) is 12.1 Å². The van der Waals surface area contributed by atoms with Gasteiger partial charge in [0.15, 0.2) is 0 Å². The zero-order valence-corrected chi connectivity index (χ0v) is 10.2. The molecule has 0 saturated heterocycles. The molecule has 94 valence electrons. The fourth-order valence-electron chi connectivity index (χ4n) is 1.70. The van der Waals surface area contributed by atoms with Crippen molar-refractivity contribution >= 4 is 11.6 Å². The van der Waals surface area contributed by atoms with Crippen molar-refractivity contribution in [2.45, 2.75) is 19.5 Å². The highest BCUT2D eigenvalue weighted by atomic mass is 16.2. The van der Waals surface area contributed by atoms with Crippen molar-refractivity contribution in [2.24, 2.45) is 0 Å². The molecule has 1 aromatic carbocycles. The van der Waals surface area contributed by atoms with Gasteiger partial charge in [-0.2, -0.15) is 5.10 Å². The first kappa shape index (κ1) is 12.2. The highest BCUT2D eigenvalue weighted by Crippen LogP contribution is 2.13. The Kier molecular flexibility index (Phi) is 3.62. The Hall–Kier alpha value is -2.30. The summed E-state index contributed by atoms with van der Waals surface area (Å²) in [5.74, 6) is -0.0666. The number of hydrogen-bond donors (Lipinski definition) is 2. The monoisotopic (exact) mass is 244 g/mol. The summed E-state index contributed by atoms with van der Waals surface area (Å²) in [5, 5.41) is 6.90. The zero-order chi connectivity index (χ0) is 13.0. The van der Waals surface area contributed by atoms with E-state index in [2.05, 4.69) is 10.4 Å². The lowest BCUT2D eigenvalue weighted by atomic mass is 10.1. The van der Waals surface area contributed by atoms with Crippen molar-refractivity contribution < 1.29 is 4.79 Å². The van der Waals surface area contributed by atoms with E-state index >= 15 is 0 Å². The molecule has 2 aromatic rings. The summed E-state index contributed by atoms with van der Waals surface area (Å²) >= 11 is 0. The van der Waals surface area contributed by atoms with Crippen LogP contribution in [0.1, 0.15) is 18.5 Å². The maximum absolute atomic E-state index is 11.8. The molecule has 18 heavy (non-hydrogen) atoms. The van der Waals surface area contributed by atoms with Crippen LogP contribution in [-0.2, 0) is 11.3 Å². The van der Waals surface area contributed by atoms with Crippen molar-refractivity contribution in [1.82, 2.24) is 15.1 Å². The summed E-state index contributed by atoms with van der Waals surface area (Å²) in [6.07, 6.45) is 3.41. The van der Waals surface area contributed by atoms with E-state index in [1.54, 1.807) is 23.1 Å². The molecule has 0 saturated carbocycles. The van der Waals surface area contributed by atoms with Gasteiger partial charge >= 0.3 is 0 Å². The fourth-order valence-corrected chi connectivity index (χ4v) is 1.70. The van der Waals surface area contributed by atoms with E-state index in [0.29, 0.717) is 5.69 Å². The highest BCUT2D eigenvalue weighted by Gasteiger charge is 2.09. The Labute approximate surface area is 106 Å². The number of aromatic nitrogens is 2. The molecule has 0 aliphatic rings. The first-order chi connectivity index (χ1) is 8.65. The number of nitrogen functional groups attached to an aromatic ring is 1. The van der Waals surface area contributed by atoms with Crippen LogP contribution >= 0.6 is 0 Å². The molecule has 5 nitrogen and oxygen atoms in total. The molecule has 0 aliphatic carbocycles. The molecular weight excluding hydrogens is 228 g/mol. The van der Waals surface area contributed by atoms with Gasteiger partial charge in [-0.3, -0.25) is 9.48 Å². The van der Waals surface area contributed by atoms with Crippen molar-refractivity contribution in [3.8, 4) is 0 Å². The van der Waals surface area contributed by atoms with Crippen LogP contribution in [-0.4, -0.2) is 15.7 Å². The summed E-state index contributed by atoms with van der Waals surface area (Å²) in [6, 6.07) is 9.21. The molecule has 2 rings (SSSR count). The summed E-state index contributed by atoms with van der Waals surface area (Å²) in [4.78, 5) is 11.8. The molecule has 0 spiro atoms. The van der Waals surface area contributed by atoms with Crippen LogP contribution in [0.5, 0.6) is 0 Å². The quantitative estimate of drug-likeness (QED) is 0.797. The van der Waals surface area contributed by atoms with E-state index in [-0.39, 0.29) is 18.5 Å². The Morgan fingerprint density at radius 1 is 1.44 bits per heavy atom. The Bertz CT molecular complexity index is 504. The van der Waals surface area contributed by atoms with Gasteiger partial charge in [-0.15, -0.1) is 0 Å². The van der Waals surface area contributed by atoms with Crippen molar-refractivity contribution in [2.75, 3.05) is 5.73 Å². The van der Waals surface area contributed by atoms with Gasteiger partial charge in [0.1, 0.15) is 6.54 Å². The van der Waals surface area contributed by atoms with Crippen molar-refractivity contribution in [1.29, 1.82) is 0 Å². The number of nitrogens with two attached hydrogens (primary N) is 1. The molecule has 1 atom stereocenters. The topological polar surface area (TPSA) is 72.9 Å². The SMILES string of the molecule is CC(NC(=O)Cn1cccn1)c1ccc(N)cc1.